The van der Waals surface area contributed by atoms with E-state index in [2.05, 4.69) is 15.6 Å². The molecule has 1 aromatic rings. The van der Waals surface area contributed by atoms with Crippen LogP contribution in [0.2, 0.25) is 0 Å². The summed E-state index contributed by atoms with van der Waals surface area (Å²) < 4.78 is 4.83. The molecule has 1 aromatic heterocycles. The van der Waals surface area contributed by atoms with Gasteiger partial charge in [-0.15, -0.1) is 0 Å². The lowest BCUT2D eigenvalue weighted by Crippen LogP contribution is -2.36. The van der Waals surface area contributed by atoms with Crippen LogP contribution in [-0.2, 0) is 14.3 Å². The normalized spacial score (nSPS) is 9.89. The number of hydrogen-bond acceptors (Lipinski definition) is 4. The van der Waals surface area contributed by atoms with E-state index in [9.17, 15) is 9.59 Å². The fourth-order valence-electron chi connectivity index (χ4n) is 1.28. The molecule has 0 aliphatic heterocycles. The van der Waals surface area contributed by atoms with E-state index in [0.717, 1.165) is 5.69 Å². The Hall–Kier alpha value is -1.95. The van der Waals surface area contributed by atoms with Gasteiger partial charge in [-0.2, -0.15) is 0 Å². The molecular formula is C12H17N3O3. The van der Waals surface area contributed by atoms with Crippen LogP contribution in [0.15, 0.2) is 18.2 Å². The Morgan fingerprint density at radius 3 is 2.78 bits per heavy atom. The predicted octanol–water partition coefficient (Wildman–Crippen LogP) is 0.481. The Labute approximate surface area is 106 Å². The van der Waals surface area contributed by atoms with E-state index in [1.54, 1.807) is 32.2 Å². The summed E-state index contributed by atoms with van der Waals surface area (Å²) in [6.45, 7) is 2.75. The molecule has 0 saturated heterocycles. The Balaban J connectivity index is 2.38. The third kappa shape index (κ3) is 4.92. The lowest BCUT2D eigenvalue weighted by Gasteiger charge is -2.06. The van der Waals surface area contributed by atoms with E-state index in [1.807, 2.05) is 0 Å². The first-order valence-corrected chi connectivity index (χ1v) is 5.65. The molecule has 0 saturated carbocycles. The van der Waals surface area contributed by atoms with Gasteiger partial charge in [-0.05, 0) is 25.5 Å². The van der Waals surface area contributed by atoms with Crippen LogP contribution in [0.3, 0.4) is 0 Å². The van der Waals surface area contributed by atoms with Crippen LogP contribution in [0.25, 0.3) is 0 Å². The van der Waals surface area contributed by atoms with Gasteiger partial charge >= 0.3 is 11.8 Å². The van der Waals surface area contributed by atoms with Gasteiger partial charge in [0.1, 0.15) is 5.82 Å². The number of amides is 2. The molecule has 0 unspecified atom stereocenters. The standard InChI is InChI=1S/C12H17N3O3/c1-9-5-3-6-10(14-9)15-12(17)11(16)13-7-4-8-18-2/h3,5-6H,4,7-8H2,1-2H3,(H,13,16)(H,14,15,17). The van der Waals surface area contributed by atoms with Crippen molar-refractivity contribution in [2.45, 2.75) is 13.3 Å². The molecule has 0 aliphatic carbocycles. The summed E-state index contributed by atoms with van der Waals surface area (Å²) >= 11 is 0. The van der Waals surface area contributed by atoms with Crippen molar-refractivity contribution in [2.75, 3.05) is 25.6 Å². The number of pyridine rings is 1. The molecule has 18 heavy (non-hydrogen) atoms. The third-order valence-corrected chi connectivity index (χ3v) is 2.15. The number of carbonyl (C=O) groups excluding carboxylic acids is 2. The minimum Gasteiger partial charge on any atom is -0.385 e. The number of carbonyl (C=O) groups is 2. The second kappa shape index (κ2) is 7.39. The molecule has 0 fully saturated rings. The SMILES string of the molecule is COCCCNC(=O)C(=O)Nc1cccc(C)n1. The van der Waals surface area contributed by atoms with Crippen molar-refractivity contribution in [3.63, 3.8) is 0 Å². The first-order valence-electron chi connectivity index (χ1n) is 5.65. The highest BCUT2D eigenvalue weighted by molar-refractivity contribution is 6.39. The van der Waals surface area contributed by atoms with E-state index in [0.29, 0.717) is 25.4 Å². The minimum absolute atomic E-state index is 0.368. The fourth-order valence-corrected chi connectivity index (χ4v) is 1.28. The molecule has 2 N–H and O–H groups in total. The first kappa shape index (κ1) is 14.1. The van der Waals surface area contributed by atoms with Crippen molar-refractivity contribution in [2.24, 2.45) is 0 Å². The highest BCUT2D eigenvalue weighted by Crippen LogP contribution is 2.03. The summed E-state index contributed by atoms with van der Waals surface area (Å²) in [6, 6.07) is 5.19. The molecule has 0 radical (unpaired) electrons. The first-order chi connectivity index (χ1) is 8.63. The Kier molecular flexibility index (Phi) is 5.79. The summed E-state index contributed by atoms with van der Waals surface area (Å²) in [4.78, 5) is 27.0. The van der Waals surface area contributed by atoms with Gasteiger partial charge in [0.25, 0.3) is 0 Å². The van der Waals surface area contributed by atoms with Crippen molar-refractivity contribution >= 4 is 17.6 Å². The molecule has 1 rings (SSSR count). The van der Waals surface area contributed by atoms with Crippen molar-refractivity contribution in [1.29, 1.82) is 0 Å². The van der Waals surface area contributed by atoms with Gasteiger partial charge in [0, 0.05) is 26.0 Å². The zero-order valence-corrected chi connectivity index (χ0v) is 10.5. The number of aromatic nitrogens is 1. The van der Waals surface area contributed by atoms with Crippen LogP contribution in [0.5, 0.6) is 0 Å². The van der Waals surface area contributed by atoms with Gasteiger partial charge in [-0.1, -0.05) is 6.07 Å². The van der Waals surface area contributed by atoms with Crippen LogP contribution in [0, 0.1) is 6.92 Å². The monoisotopic (exact) mass is 251 g/mol. The molecule has 2 amide bonds. The average Bonchev–Trinajstić information content (AvgIpc) is 2.34. The van der Waals surface area contributed by atoms with E-state index in [1.165, 1.54) is 0 Å². The summed E-state index contributed by atoms with van der Waals surface area (Å²) in [5.41, 5.74) is 0.772. The molecule has 0 aromatic carbocycles. The van der Waals surface area contributed by atoms with Crippen molar-refractivity contribution in [3.8, 4) is 0 Å². The Morgan fingerprint density at radius 1 is 1.33 bits per heavy atom. The van der Waals surface area contributed by atoms with Crippen LogP contribution >= 0.6 is 0 Å². The van der Waals surface area contributed by atoms with Gasteiger partial charge in [-0.3, -0.25) is 9.59 Å². The predicted molar refractivity (Wildman–Crippen MR) is 67.1 cm³/mol. The lowest BCUT2D eigenvalue weighted by molar-refractivity contribution is -0.136. The second-order valence-corrected chi connectivity index (χ2v) is 3.72. The van der Waals surface area contributed by atoms with Crippen molar-refractivity contribution in [3.05, 3.63) is 23.9 Å². The quantitative estimate of drug-likeness (QED) is 0.589. The fraction of sp³-hybridized carbons (Fsp3) is 0.417. The molecule has 0 spiro atoms. The van der Waals surface area contributed by atoms with Gasteiger partial charge in [0.05, 0.1) is 0 Å². The lowest BCUT2D eigenvalue weighted by atomic mass is 10.3. The zero-order chi connectivity index (χ0) is 13.4. The van der Waals surface area contributed by atoms with Gasteiger partial charge < -0.3 is 15.4 Å². The maximum atomic E-state index is 11.5. The minimum atomic E-state index is -0.717. The number of rotatable bonds is 5. The maximum absolute atomic E-state index is 11.5. The van der Waals surface area contributed by atoms with Crippen LogP contribution in [0.4, 0.5) is 5.82 Å². The number of hydrogen-bond donors (Lipinski definition) is 2. The largest absolute Gasteiger partial charge is 0.385 e. The van der Waals surface area contributed by atoms with E-state index >= 15 is 0 Å². The zero-order valence-electron chi connectivity index (χ0n) is 10.5. The van der Waals surface area contributed by atoms with Gasteiger partial charge in [0.15, 0.2) is 0 Å². The van der Waals surface area contributed by atoms with E-state index in [-0.39, 0.29) is 0 Å². The Morgan fingerprint density at radius 2 is 2.11 bits per heavy atom. The summed E-state index contributed by atoms with van der Waals surface area (Å²) in [5.74, 6) is -1.02. The molecule has 98 valence electrons. The molecular weight excluding hydrogens is 234 g/mol. The van der Waals surface area contributed by atoms with Crippen LogP contribution in [0.1, 0.15) is 12.1 Å². The summed E-state index contributed by atoms with van der Waals surface area (Å²) in [7, 11) is 1.58. The third-order valence-electron chi connectivity index (χ3n) is 2.15. The second-order valence-electron chi connectivity index (χ2n) is 3.72. The van der Waals surface area contributed by atoms with E-state index < -0.39 is 11.8 Å². The molecule has 0 bridgehead atoms. The molecule has 6 nitrogen and oxygen atoms in total. The average molecular weight is 251 g/mol. The Bertz CT molecular complexity index is 421. The number of nitrogens with one attached hydrogen (secondary N) is 2. The summed E-state index contributed by atoms with van der Waals surface area (Å²) in [5, 5.41) is 4.92. The number of nitrogens with zero attached hydrogens (tertiary/aromatic N) is 1. The van der Waals surface area contributed by atoms with E-state index in [4.69, 9.17) is 4.74 Å². The van der Waals surface area contributed by atoms with Gasteiger partial charge in [-0.25, -0.2) is 4.98 Å². The molecule has 6 heteroatoms. The molecule has 0 atom stereocenters. The molecule has 0 aliphatic rings. The van der Waals surface area contributed by atoms with Gasteiger partial charge in [0.2, 0.25) is 0 Å². The van der Waals surface area contributed by atoms with Crippen molar-refractivity contribution < 1.29 is 14.3 Å². The highest BCUT2D eigenvalue weighted by atomic mass is 16.5. The smallest absolute Gasteiger partial charge is 0.314 e. The highest BCUT2D eigenvalue weighted by Gasteiger charge is 2.13. The van der Waals surface area contributed by atoms with Crippen LogP contribution in [-0.4, -0.2) is 37.1 Å². The number of anilines is 1. The van der Waals surface area contributed by atoms with Crippen molar-refractivity contribution in [1.82, 2.24) is 10.3 Å². The topological polar surface area (TPSA) is 80.3 Å². The number of methoxy groups -OCH3 is 1. The maximum Gasteiger partial charge on any atom is 0.314 e. The molecule has 1 heterocycles. The number of ether oxygens (including phenoxy) is 1. The summed E-state index contributed by atoms with van der Waals surface area (Å²) in [6.07, 6.45) is 0.665. The number of aryl methyl sites for hydroxylation is 1. The van der Waals surface area contributed by atoms with Crippen LogP contribution < -0.4 is 10.6 Å².